The Labute approximate surface area is 216 Å². The number of benzene rings is 3. The molecule has 0 saturated carbocycles. The molecule has 8 heteroatoms. The van der Waals surface area contributed by atoms with Crippen LogP contribution in [0.2, 0.25) is 0 Å². The summed E-state index contributed by atoms with van der Waals surface area (Å²) in [6.45, 7) is 3.79. The van der Waals surface area contributed by atoms with Gasteiger partial charge in [-0.2, -0.15) is 0 Å². The Hall–Kier alpha value is -4.30. The number of nitrogens with one attached hydrogen (secondary N) is 2. The van der Waals surface area contributed by atoms with E-state index in [2.05, 4.69) is 37.7 Å². The van der Waals surface area contributed by atoms with Crippen LogP contribution in [0.15, 0.2) is 84.9 Å². The van der Waals surface area contributed by atoms with E-state index in [0.29, 0.717) is 17.9 Å². The van der Waals surface area contributed by atoms with E-state index < -0.39 is 0 Å². The van der Waals surface area contributed by atoms with E-state index in [4.69, 9.17) is 0 Å². The number of halogens is 1. The molecule has 3 aromatic carbocycles. The molecule has 0 bridgehead atoms. The number of rotatable bonds is 7. The largest absolute Gasteiger partial charge is 0.369 e. The van der Waals surface area contributed by atoms with Gasteiger partial charge in [0.15, 0.2) is 5.82 Å². The summed E-state index contributed by atoms with van der Waals surface area (Å²) in [6.07, 6.45) is 0. The third-order valence-electron chi connectivity index (χ3n) is 6.46. The zero-order valence-electron chi connectivity index (χ0n) is 20.7. The summed E-state index contributed by atoms with van der Waals surface area (Å²) in [4.78, 5) is 17.4. The van der Waals surface area contributed by atoms with Gasteiger partial charge in [0.1, 0.15) is 5.82 Å². The maximum absolute atomic E-state index is 14.0. The minimum atomic E-state index is -0.275. The molecule has 4 aromatic rings. The van der Waals surface area contributed by atoms with Crippen molar-refractivity contribution in [3.05, 3.63) is 102 Å². The van der Waals surface area contributed by atoms with Crippen LogP contribution >= 0.6 is 0 Å². The second-order valence-corrected chi connectivity index (χ2v) is 9.12. The number of hydrogen-bond acceptors (Lipinski definition) is 6. The molecule has 1 fully saturated rings. The van der Waals surface area contributed by atoms with Gasteiger partial charge in [0.25, 0.3) is 5.91 Å². The highest BCUT2D eigenvalue weighted by Gasteiger charge is 2.18. The molecule has 7 nitrogen and oxygen atoms in total. The van der Waals surface area contributed by atoms with Crippen molar-refractivity contribution < 1.29 is 9.18 Å². The smallest absolute Gasteiger partial charge is 0.251 e. The van der Waals surface area contributed by atoms with Crippen LogP contribution in [0, 0.1) is 5.82 Å². The Morgan fingerprint density at radius 1 is 0.892 bits per heavy atom. The first kappa shape index (κ1) is 24.4. The minimum absolute atomic E-state index is 0.206. The lowest BCUT2D eigenvalue weighted by Crippen LogP contribution is -2.45. The van der Waals surface area contributed by atoms with Crippen molar-refractivity contribution in [3.8, 4) is 11.3 Å². The van der Waals surface area contributed by atoms with Crippen LogP contribution in [0.5, 0.6) is 0 Å². The van der Waals surface area contributed by atoms with Gasteiger partial charge < -0.3 is 20.4 Å². The van der Waals surface area contributed by atoms with Gasteiger partial charge in [-0.1, -0.05) is 42.5 Å². The first-order chi connectivity index (χ1) is 18.0. The normalized spacial score (nSPS) is 13.8. The summed E-state index contributed by atoms with van der Waals surface area (Å²) in [6, 6.07) is 25.6. The average Bonchev–Trinajstić information content (AvgIpc) is 2.94. The summed E-state index contributed by atoms with van der Waals surface area (Å²) in [5.74, 6) is 0.103. The van der Waals surface area contributed by atoms with Crippen molar-refractivity contribution in [2.45, 2.75) is 6.54 Å². The fraction of sp³-hybridized carbons (Fsp3) is 0.207. The van der Waals surface area contributed by atoms with Gasteiger partial charge >= 0.3 is 0 Å². The van der Waals surface area contributed by atoms with Crippen molar-refractivity contribution in [2.24, 2.45) is 0 Å². The van der Waals surface area contributed by atoms with E-state index in [1.807, 2.05) is 54.6 Å². The van der Waals surface area contributed by atoms with Crippen LogP contribution in [0.4, 0.5) is 21.6 Å². The van der Waals surface area contributed by atoms with E-state index >= 15 is 0 Å². The monoisotopic (exact) mass is 496 g/mol. The van der Waals surface area contributed by atoms with E-state index in [-0.39, 0.29) is 11.7 Å². The van der Waals surface area contributed by atoms with Gasteiger partial charge in [-0.3, -0.25) is 4.79 Å². The van der Waals surface area contributed by atoms with Gasteiger partial charge in [0.2, 0.25) is 0 Å². The van der Waals surface area contributed by atoms with Crippen LogP contribution < -0.4 is 15.5 Å². The second-order valence-electron chi connectivity index (χ2n) is 9.12. The third kappa shape index (κ3) is 6.10. The molecule has 1 aliphatic rings. The highest BCUT2D eigenvalue weighted by molar-refractivity contribution is 5.95. The number of carbonyl (C=O) groups is 1. The molecular formula is C29H29FN6O. The standard InChI is InChI=1S/C29H29FN6O/c1-35-14-16-36(17-15-35)27-19-24(30)11-10-23(27)20-31-29(37)22-8-5-9-25(18-22)32-28-13-12-26(33-34-28)21-6-3-2-4-7-21/h2-13,18-19H,14-17,20H2,1H3,(H,31,37)(H,32,34). The number of nitrogens with zero attached hydrogens (tertiary/aromatic N) is 4. The van der Waals surface area contributed by atoms with Crippen LogP contribution in [0.25, 0.3) is 11.3 Å². The van der Waals surface area contributed by atoms with Crippen molar-refractivity contribution >= 4 is 23.1 Å². The first-order valence-electron chi connectivity index (χ1n) is 12.3. The van der Waals surface area contributed by atoms with Crippen LogP contribution in [-0.4, -0.2) is 54.2 Å². The molecule has 0 atom stereocenters. The summed E-state index contributed by atoms with van der Waals surface area (Å²) in [5.41, 5.74) is 4.76. The molecular weight excluding hydrogens is 467 g/mol. The molecule has 1 aliphatic heterocycles. The lowest BCUT2D eigenvalue weighted by atomic mass is 10.1. The molecule has 0 spiro atoms. The quantitative estimate of drug-likeness (QED) is 0.386. The first-order valence-corrected chi connectivity index (χ1v) is 12.3. The lowest BCUT2D eigenvalue weighted by Gasteiger charge is -2.35. The Kier molecular flexibility index (Phi) is 7.37. The number of aromatic nitrogens is 2. The predicted octanol–water partition coefficient (Wildman–Crippen LogP) is 4.71. The minimum Gasteiger partial charge on any atom is -0.369 e. The summed E-state index contributed by atoms with van der Waals surface area (Å²) in [5, 5.41) is 14.8. The van der Waals surface area contributed by atoms with Crippen molar-refractivity contribution in [2.75, 3.05) is 43.4 Å². The van der Waals surface area contributed by atoms with Gasteiger partial charge in [0, 0.05) is 55.2 Å². The zero-order chi connectivity index (χ0) is 25.6. The van der Waals surface area contributed by atoms with E-state index in [1.165, 1.54) is 6.07 Å². The fourth-order valence-corrected chi connectivity index (χ4v) is 4.35. The topological polar surface area (TPSA) is 73.4 Å². The molecule has 37 heavy (non-hydrogen) atoms. The van der Waals surface area contributed by atoms with Crippen LogP contribution in [0.1, 0.15) is 15.9 Å². The van der Waals surface area contributed by atoms with Gasteiger partial charge in [0.05, 0.1) is 5.69 Å². The Balaban J connectivity index is 1.23. The van der Waals surface area contributed by atoms with Crippen molar-refractivity contribution in [1.82, 2.24) is 20.4 Å². The van der Waals surface area contributed by atoms with E-state index in [1.54, 1.807) is 24.3 Å². The van der Waals surface area contributed by atoms with Gasteiger partial charge in [-0.05, 0) is 55.1 Å². The average molecular weight is 497 g/mol. The second kappa shape index (κ2) is 11.2. The Bertz CT molecular complexity index is 1350. The SMILES string of the molecule is CN1CCN(c2cc(F)ccc2CNC(=O)c2cccc(Nc3ccc(-c4ccccc4)nn3)c2)CC1. The molecule has 0 radical (unpaired) electrons. The number of piperazine rings is 1. The van der Waals surface area contributed by atoms with E-state index in [0.717, 1.165) is 54.4 Å². The summed E-state index contributed by atoms with van der Waals surface area (Å²) >= 11 is 0. The molecule has 1 amide bonds. The Morgan fingerprint density at radius 3 is 2.46 bits per heavy atom. The molecule has 2 heterocycles. The maximum atomic E-state index is 14.0. The summed E-state index contributed by atoms with van der Waals surface area (Å²) < 4.78 is 14.0. The molecule has 0 aliphatic carbocycles. The van der Waals surface area contributed by atoms with Gasteiger partial charge in [-0.25, -0.2) is 4.39 Å². The maximum Gasteiger partial charge on any atom is 0.251 e. The molecule has 188 valence electrons. The Morgan fingerprint density at radius 2 is 1.70 bits per heavy atom. The zero-order valence-corrected chi connectivity index (χ0v) is 20.7. The predicted molar refractivity (Wildman–Crippen MR) is 144 cm³/mol. The number of hydrogen-bond donors (Lipinski definition) is 2. The number of carbonyl (C=O) groups excluding carboxylic acids is 1. The highest BCUT2D eigenvalue weighted by Crippen LogP contribution is 2.24. The highest BCUT2D eigenvalue weighted by atomic mass is 19.1. The third-order valence-corrected chi connectivity index (χ3v) is 6.46. The van der Waals surface area contributed by atoms with Crippen LogP contribution in [0.3, 0.4) is 0 Å². The molecule has 5 rings (SSSR count). The van der Waals surface area contributed by atoms with Gasteiger partial charge in [-0.15, -0.1) is 10.2 Å². The molecule has 1 saturated heterocycles. The number of likely N-dealkylation sites (N-methyl/N-ethyl adjacent to an activating group) is 1. The summed E-state index contributed by atoms with van der Waals surface area (Å²) in [7, 11) is 2.08. The lowest BCUT2D eigenvalue weighted by molar-refractivity contribution is 0.0951. The van der Waals surface area contributed by atoms with E-state index in [9.17, 15) is 9.18 Å². The molecule has 0 unspecified atom stereocenters. The number of amides is 1. The van der Waals surface area contributed by atoms with Crippen molar-refractivity contribution in [3.63, 3.8) is 0 Å². The number of anilines is 3. The van der Waals surface area contributed by atoms with Crippen molar-refractivity contribution in [1.29, 1.82) is 0 Å². The van der Waals surface area contributed by atoms with Crippen LogP contribution in [-0.2, 0) is 6.54 Å². The fourth-order valence-electron chi connectivity index (χ4n) is 4.35. The molecule has 2 N–H and O–H groups in total. The molecule has 1 aromatic heterocycles.